The molecular weight excluding hydrogens is 1160 g/mol. The molecule has 0 amide bonds. The predicted octanol–water partition coefficient (Wildman–Crippen LogP) is 12.6. The largest absolute Gasteiger partial charge is 0.509 e. The zero-order valence-electron chi connectivity index (χ0n) is 52.2. The van der Waals surface area contributed by atoms with Crippen LogP contribution in [-0.4, -0.2) is 70.2 Å². The normalized spacial score (nSPS) is 14.8. The lowest BCUT2D eigenvalue weighted by Gasteiger charge is -2.39. The minimum Gasteiger partial charge on any atom is -0.509 e. The maximum absolute atomic E-state index is 11.5. The minimum atomic E-state index is -1.21. The van der Waals surface area contributed by atoms with E-state index in [0.717, 1.165) is 123 Å². The number of phenolic OH excluding ortho intramolecular Hbond substituents is 3. The summed E-state index contributed by atoms with van der Waals surface area (Å²) in [5.41, 5.74) is 19.2. The molecule has 96 heavy (non-hydrogen) atoms. The number of hydrogen-bond acceptors (Lipinski definition) is 5. The lowest BCUT2D eigenvalue weighted by atomic mass is 9.56. The third-order valence-corrected chi connectivity index (χ3v) is 19.5. The highest BCUT2D eigenvalue weighted by Gasteiger charge is 2.50. The number of hydrogen-bond donors (Lipinski definition) is 3. The number of aromatic hydroxyl groups is 3. The highest BCUT2D eigenvalue weighted by atomic mass is 16.3. The van der Waals surface area contributed by atoms with Crippen molar-refractivity contribution in [1.82, 2.24) is 0 Å². The van der Waals surface area contributed by atoms with Crippen LogP contribution in [0.25, 0.3) is 56.7 Å². The van der Waals surface area contributed by atoms with Gasteiger partial charge in [0.1, 0.15) is 66.4 Å². The first-order chi connectivity index (χ1) is 46.7. The van der Waals surface area contributed by atoms with Crippen LogP contribution in [0.2, 0.25) is 0 Å². The van der Waals surface area contributed by atoms with Crippen LogP contribution >= 0.6 is 0 Å². The number of benzene rings is 13. The summed E-state index contributed by atoms with van der Waals surface area (Å²) in [6.07, 6.45) is 3.59. The first-order valence-electron chi connectivity index (χ1n) is 31.5. The number of rotatable bonds is 14. The second-order valence-electron chi connectivity index (χ2n) is 24.4. The monoisotopic (exact) mass is 1210 g/mol. The van der Waals surface area contributed by atoms with Gasteiger partial charge in [0.25, 0.3) is 0 Å². The van der Waals surface area contributed by atoms with Gasteiger partial charge in [-0.2, -0.15) is 0 Å². The van der Waals surface area contributed by atoms with Gasteiger partial charge in [-0.05, 0) is 178 Å². The molecule has 5 nitrogen and oxygen atoms in total. The van der Waals surface area contributed by atoms with Crippen LogP contribution in [0.15, 0.2) is 280 Å². The van der Waals surface area contributed by atoms with Gasteiger partial charge >= 0.3 is 0 Å². The van der Waals surface area contributed by atoms with Crippen LogP contribution in [0.4, 0.5) is 34.1 Å². The maximum atomic E-state index is 11.5. The Bertz CT molecular complexity index is 4870. The summed E-state index contributed by atoms with van der Waals surface area (Å²) < 4.78 is 0. The summed E-state index contributed by atoms with van der Waals surface area (Å²) in [5.74, 6) is -1.45. The second kappa shape index (κ2) is 24.0. The van der Waals surface area contributed by atoms with Crippen LogP contribution in [0, 0.1) is 0 Å². The fraction of sp³-hybridized carbons (Fsp3) is 0.0238. The number of para-hydroxylation sites is 2. The number of nitrogens with zero attached hydrogens (tertiary/aromatic N) is 2. The van der Waals surface area contributed by atoms with E-state index in [1.54, 1.807) is 12.2 Å². The van der Waals surface area contributed by atoms with E-state index >= 15 is 0 Å². The second-order valence-corrected chi connectivity index (χ2v) is 24.4. The third kappa shape index (κ3) is 9.40. The molecule has 13 aromatic carbocycles. The van der Waals surface area contributed by atoms with E-state index < -0.39 is 22.3 Å². The first kappa shape index (κ1) is 61.0. The predicted molar refractivity (Wildman–Crippen MR) is 404 cm³/mol. The molecule has 2 atom stereocenters. The summed E-state index contributed by atoms with van der Waals surface area (Å²) in [6, 6.07) is 91.8. The number of fused-ring (bicyclic) bond motifs is 6. The van der Waals surface area contributed by atoms with Gasteiger partial charge in [-0.3, -0.25) is 0 Å². The molecule has 0 saturated carbocycles. The van der Waals surface area contributed by atoms with Gasteiger partial charge < -0.3 is 25.1 Å². The fourth-order valence-electron chi connectivity index (χ4n) is 14.9. The molecule has 3 N–H and O–H groups in total. The smallest absolute Gasteiger partial charge is 0.149 e. The van der Waals surface area contributed by atoms with Gasteiger partial charge in [-0.25, -0.2) is 0 Å². The molecule has 2 aliphatic carbocycles. The van der Waals surface area contributed by atoms with E-state index in [1.807, 2.05) is 97.1 Å². The van der Waals surface area contributed by atoms with Crippen LogP contribution < -0.4 is 48.0 Å². The maximum Gasteiger partial charge on any atom is 0.149 e. The summed E-state index contributed by atoms with van der Waals surface area (Å²) >= 11 is 0. The Morgan fingerprint density at radius 2 is 0.562 bits per heavy atom. The molecule has 0 spiro atoms. The van der Waals surface area contributed by atoms with Crippen molar-refractivity contribution >= 4 is 139 Å². The van der Waals surface area contributed by atoms with Crippen molar-refractivity contribution in [3.05, 3.63) is 336 Å². The molecule has 0 aromatic heterocycles. The van der Waals surface area contributed by atoms with Crippen molar-refractivity contribution in [3.8, 4) is 61.8 Å². The molecule has 14 radical (unpaired) electrons. The zero-order valence-corrected chi connectivity index (χ0v) is 52.2. The Labute approximate surface area is 569 Å². The Hall–Kier alpha value is -11.2. The van der Waals surface area contributed by atoms with Gasteiger partial charge in [0, 0.05) is 34.1 Å². The molecule has 0 heterocycles. The van der Waals surface area contributed by atoms with E-state index in [0.29, 0.717) is 11.1 Å². The summed E-state index contributed by atoms with van der Waals surface area (Å²) in [6.45, 7) is 8.04. The topological polar surface area (TPSA) is 67.2 Å². The molecule has 438 valence electrons. The Balaban J connectivity index is 0.778. The SMILES string of the molecule is [B]c1c([B])c(C2(c3ccc(C=C)cc3)c3ccccc3-c3ccc(N(c4ccccc4)c4ccc(-c5ccc(-c6ccc(N(c7ccccc7)c7ccc8c(c7)C(c7ccc(C=C)cc7)(c7c([B])c([B])c(O)c(O)c7[B])c7ccccc7-8)cc6)cc5)cc4)cc32)c([B])c([B])c1O. The lowest BCUT2D eigenvalue weighted by molar-refractivity contribution is 0.409. The van der Waals surface area contributed by atoms with Gasteiger partial charge in [0.15, 0.2) is 0 Å². The molecule has 0 bridgehead atoms. The van der Waals surface area contributed by atoms with Crippen molar-refractivity contribution in [2.45, 2.75) is 10.8 Å². The molecule has 2 unspecified atom stereocenters. The molecule has 13 aromatic rings. The van der Waals surface area contributed by atoms with Crippen LogP contribution in [0.3, 0.4) is 0 Å². The average Bonchev–Trinajstić information content (AvgIpc) is 1.50. The van der Waals surface area contributed by atoms with E-state index in [4.69, 9.17) is 54.9 Å². The summed E-state index contributed by atoms with van der Waals surface area (Å²) in [4.78, 5) is 4.46. The van der Waals surface area contributed by atoms with E-state index in [2.05, 4.69) is 193 Å². The molecule has 0 fully saturated rings. The van der Waals surface area contributed by atoms with Gasteiger partial charge in [-0.15, -0.1) is 0 Å². The van der Waals surface area contributed by atoms with Gasteiger partial charge in [0.05, 0.1) is 16.6 Å². The lowest BCUT2D eigenvalue weighted by Crippen LogP contribution is -2.50. The summed E-state index contributed by atoms with van der Waals surface area (Å²) in [5, 5.41) is 33.6. The third-order valence-electron chi connectivity index (χ3n) is 19.5. The zero-order chi connectivity index (χ0) is 66.3. The molecule has 12 heteroatoms. The highest BCUT2D eigenvalue weighted by Crippen LogP contribution is 2.59. The summed E-state index contributed by atoms with van der Waals surface area (Å²) in [7, 11) is 47.9. The number of phenols is 3. The van der Waals surface area contributed by atoms with E-state index in [1.165, 1.54) is 0 Å². The van der Waals surface area contributed by atoms with Crippen molar-refractivity contribution in [2.24, 2.45) is 0 Å². The molecular formula is C84H53B7N2O3. The van der Waals surface area contributed by atoms with Gasteiger partial charge in [0.2, 0.25) is 0 Å². The van der Waals surface area contributed by atoms with Crippen molar-refractivity contribution in [1.29, 1.82) is 0 Å². The van der Waals surface area contributed by atoms with Crippen LogP contribution in [-0.2, 0) is 10.8 Å². The van der Waals surface area contributed by atoms with E-state index in [9.17, 15) is 15.3 Å². The number of anilines is 6. The molecule has 0 saturated heterocycles. The first-order valence-corrected chi connectivity index (χ1v) is 31.5. The fourth-order valence-corrected chi connectivity index (χ4v) is 14.9. The van der Waals surface area contributed by atoms with Crippen LogP contribution in [0.5, 0.6) is 17.2 Å². The van der Waals surface area contributed by atoms with E-state index in [-0.39, 0.29) is 44.0 Å². The van der Waals surface area contributed by atoms with Crippen molar-refractivity contribution in [2.75, 3.05) is 9.80 Å². The highest BCUT2D eigenvalue weighted by molar-refractivity contribution is 6.59. The standard InChI is InChI=1S/C84H53B7N2O3/c1-3-49-23-35-55(36-24-49)83(71-73(85)77(89)80(94)78(90)74(71)86)67-21-13-11-19-63(67)65-45-43-61(47-69(65)83)92(57-15-7-5-8-16-57)59-39-31-53(32-40-59)51-27-29-52(30-28-51)54-33-41-60(42-34-54)93(58-17-9-6-10-18-58)62-44-46-66-64-20-12-14-22-68(64)84(70(66)48-62,56-37-25-50(4-2)26-38-56)72-75(87)79(91)82(96)81(95)76(72)88/h3-48,94-96H,1-2H2. The van der Waals surface area contributed by atoms with Crippen LogP contribution in [0.1, 0.15) is 55.6 Å². The van der Waals surface area contributed by atoms with Crippen molar-refractivity contribution < 1.29 is 15.3 Å². The molecule has 0 aliphatic heterocycles. The molecule has 2 aliphatic rings. The Morgan fingerprint density at radius 1 is 0.271 bits per heavy atom. The average molecular weight is 1210 g/mol. The quantitative estimate of drug-likeness (QED) is 0.0748. The molecule has 15 rings (SSSR count). The Morgan fingerprint density at radius 3 is 0.938 bits per heavy atom. The minimum absolute atomic E-state index is 0.0405. The Kier molecular flexibility index (Phi) is 15.2. The van der Waals surface area contributed by atoms with Gasteiger partial charge in [-0.1, -0.05) is 252 Å². The van der Waals surface area contributed by atoms with Crippen molar-refractivity contribution in [3.63, 3.8) is 0 Å².